The number of hydrogen-bond acceptors (Lipinski definition) is 6. The van der Waals surface area contributed by atoms with Crippen molar-refractivity contribution in [1.82, 2.24) is 14.9 Å². The van der Waals surface area contributed by atoms with Gasteiger partial charge in [0.25, 0.3) is 5.91 Å². The number of rotatable bonds is 5. The number of carbonyl (C=O) groups excluding carboxylic acids is 1. The second-order valence-electron chi connectivity index (χ2n) is 5.15. The summed E-state index contributed by atoms with van der Waals surface area (Å²) in [4.78, 5) is 12.5. The molecular weight excluding hydrogens is 266 g/mol. The van der Waals surface area contributed by atoms with Gasteiger partial charge in [0, 0.05) is 18.4 Å². The molecule has 0 bridgehead atoms. The Kier molecular flexibility index (Phi) is 5.22. The molecule has 1 aromatic heterocycles. The highest BCUT2D eigenvalue weighted by Crippen LogP contribution is 2.25. The van der Waals surface area contributed by atoms with Gasteiger partial charge in [-0.05, 0) is 18.0 Å². The second kappa shape index (κ2) is 6.46. The molecule has 0 aliphatic carbocycles. The van der Waals surface area contributed by atoms with E-state index in [1.165, 1.54) is 0 Å². The molecule has 1 heterocycles. The zero-order chi connectivity index (χ0) is 14.5. The average molecular weight is 285 g/mol. The first kappa shape index (κ1) is 15.4. The number of nitrogens with two attached hydrogens (primary N) is 1. The van der Waals surface area contributed by atoms with Crippen molar-refractivity contribution in [1.29, 1.82) is 0 Å². The third-order valence-electron chi connectivity index (χ3n) is 2.43. The maximum absolute atomic E-state index is 12.0. The molecule has 1 amide bonds. The Morgan fingerprint density at radius 1 is 1.53 bits per heavy atom. The van der Waals surface area contributed by atoms with E-state index in [9.17, 15) is 4.79 Å². The molecule has 0 saturated heterocycles. The van der Waals surface area contributed by atoms with E-state index < -0.39 is 0 Å². The first-order valence-corrected chi connectivity index (χ1v) is 6.71. The summed E-state index contributed by atoms with van der Waals surface area (Å²) >= 11 is 1.09. The molecule has 1 rings (SSSR count). The first-order chi connectivity index (χ1) is 8.86. The summed E-state index contributed by atoms with van der Waals surface area (Å²) in [7, 11) is 0. The van der Waals surface area contributed by atoms with Gasteiger partial charge in [0.15, 0.2) is 0 Å². The van der Waals surface area contributed by atoms with Crippen LogP contribution >= 0.6 is 11.5 Å². The van der Waals surface area contributed by atoms with Crippen LogP contribution in [0, 0.1) is 0 Å². The lowest BCUT2D eigenvalue weighted by Crippen LogP contribution is -2.27. The summed E-state index contributed by atoms with van der Waals surface area (Å²) in [6, 6.07) is 0. The fraction of sp³-hybridized carbons (Fsp3) is 0.636. The van der Waals surface area contributed by atoms with E-state index in [0.29, 0.717) is 30.0 Å². The van der Waals surface area contributed by atoms with Crippen LogP contribution in [0.15, 0.2) is 5.16 Å². The van der Waals surface area contributed by atoms with E-state index in [2.05, 4.69) is 20.1 Å². The van der Waals surface area contributed by atoms with Crippen LogP contribution in [0.5, 0.6) is 0 Å². The van der Waals surface area contributed by atoms with Crippen LogP contribution in [0.2, 0.25) is 0 Å². The lowest BCUT2D eigenvalue weighted by Gasteiger charge is -2.16. The Hall–Kier alpha value is -1.70. The maximum Gasteiger partial charge on any atom is 0.264 e. The zero-order valence-corrected chi connectivity index (χ0v) is 12.1. The van der Waals surface area contributed by atoms with E-state index >= 15 is 0 Å². The van der Waals surface area contributed by atoms with Gasteiger partial charge in [-0.3, -0.25) is 4.79 Å². The molecule has 7 nitrogen and oxygen atoms in total. The Bertz CT molecular complexity index is 464. The fourth-order valence-electron chi connectivity index (χ4n) is 1.43. The Balaban J connectivity index is 2.53. The molecule has 19 heavy (non-hydrogen) atoms. The highest BCUT2D eigenvalue weighted by Gasteiger charge is 2.25. The summed E-state index contributed by atoms with van der Waals surface area (Å²) < 4.78 is 3.84. The molecule has 0 saturated carbocycles. The molecule has 0 radical (unpaired) electrons. The highest BCUT2D eigenvalue weighted by atomic mass is 32.1. The van der Waals surface area contributed by atoms with Crippen LogP contribution in [0.4, 0.5) is 0 Å². The SMILES string of the molecule is CC(C)(C)c1nnsc1C(=O)NCCCC(N)=NO. The third kappa shape index (κ3) is 4.47. The molecule has 0 unspecified atom stereocenters. The molecular formula is C11H19N5O2S. The summed E-state index contributed by atoms with van der Waals surface area (Å²) in [5.41, 5.74) is 5.82. The van der Waals surface area contributed by atoms with Crippen molar-refractivity contribution < 1.29 is 10.0 Å². The van der Waals surface area contributed by atoms with Crippen molar-refractivity contribution in [2.24, 2.45) is 10.9 Å². The quantitative estimate of drug-likeness (QED) is 0.246. The normalized spacial score (nSPS) is 12.5. The topological polar surface area (TPSA) is 113 Å². The largest absolute Gasteiger partial charge is 0.409 e. The second-order valence-corrected chi connectivity index (χ2v) is 5.91. The summed E-state index contributed by atoms with van der Waals surface area (Å²) in [6.45, 7) is 6.41. The lowest BCUT2D eigenvalue weighted by molar-refractivity contribution is 0.0955. The van der Waals surface area contributed by atoms with E-state index in [0.717, 1.165) is 11.5 Å². The third-order valence-corrected chi connectivity index (χ3v) is 3.15. The predicted octanol–water partition coefficient (Wildman–Crippen LogP) is 1.09. The Morgan fingerprint density at radius 3 is 2.79 bits per heavy atom. The number of hydrogen-bond donors (Lipinski definition) is 3. The van der Waals surface area contributed by atoms with Crippen molar-refractivity contribution in [3.8, 4) is 0 Å². The summed E-state index contributed by atoms with van der Waals surface area (Å²) in [6.07, 6.45) is 1.04. The Labute approximate surface area is 116 Å². The van der Waals surface area contributed by atoms with Gasteiger partial charge in [0.05, 0.1) is 5.69 Å². The zero-order valence-electron chi connectivity index (χ0n) is 11.3. The van der Waals surface area contributed by atoms with Gasteiger partial charge in [-0.25, -0.2) is 0 Å². The van der Waals surface area contributed by atoms with Crippen molar-refractivity contribution in [3.05, 3.63) is 10.6 Å². The van der Waals surface area contributed by atoms with Crippen LogP contribution < -0.4 is 11.1 Å². The van der Waals surface area contributed by atoms with Crippen LogP contribution in [-0.2, 0) is 5.41 Å². The number of amidine groups is 1. The number of amides is 1. The van der Waals surface area contributed by atoms with Crippen molar-refractivity contribution in [2.45, 2.75) is 39.0 Å². The maximum atomic E-state index is 12.0. The molecule has 0 aromatic carbocycles. The van der Waals surface area contributed by atoms with Gasteiger partial charge in [-0.2, -0.15) is 0 Å². The molecule has 0 spiro atoms. The van der Waals surface area contributed by atoms with E-state index in [1.807, 2.05) is 20.8 Å². The van der Waals surface area contributed by atoms with Crippen LogP contribution in [0.1, 0.15) is 49.0 Å². The van der Waals surface area contributed by atoms with Crippen molar-refractivity contribution in [2.75, 3.05) is 6.54 Å². The number of carbonyl (C=O) groups is 1. The lowest BCUT2D eigenvalue weighted by atomic mass is 9.91. The standard InChI is InChI=1S/C11H19N5O2S/c1-11(2,3)9-8(19-16-14-9)10(17)13-6-4-5-7(12)15-18/h18H,4-6H2,1-3H3,(H2,12,15)(H,13,17). The molecule has 0 aliphatic rings. The minimum absolute atomic E-state index is 0.157. The monoisotopic (exact) mass is 285 g/mol. The van der Waals surface area contributed by atoms with Gasteiger partial charge in [0.1, 0.15) is 10.7 Å². The van der Waals surface area contributed by atoms with Crippen LogP contribution in [0.25, 0.3) is 0 Å². The van der Waals surface area contributed by atoms with Gasteiger partial charge in [0.2, 0.25) is 0 Å². The molecule has 0 atom stereocenters. The smallest absolute Gasteiger partial charge is 0.264 e. The fourth-order valence-corrected chi connectivity index (χ4v) is 2.22. The number of nitrogens with one attached hydrogen (secondary N) is 1. The van der Waals surface area contributed by atoms with Crippen molar-refractivity contribution >= 4 is 23.3 Å². The van der Waals surface area contributed by atoms with Crippen LogP contribution in [-0.4, -0.2) is 33.1 Å². The van der Waals surface area contributed by atoms with E-state index in [1.54, 1.807) is 0 Å². The van der Waals surface area contributed by atoms with Gasteiger partial charge in [-0.15, -0.1) is 5.10 Å². The van der Waals surface area contributed by atoms with Crippen molar-refractivity contribution in [3.63, 3.8) is 0 Å². The summed E-state index contributed by atoms with van der Waals surface area (Å²) in [5, 5.41) is 18.0. The number of aromatic nitrogens is 2. The summed E-state index contributed by atoms with van der Waals surface area (Å²) in [5.74, 6) is -0.0245. The van der Waals surface area contributed by atoms with Gasteiger partial charge < -0.3 is 16.3 Å². The average Bonchev–Trinajstić information content (AvgIpc) is 2.82. The molecule has 106 valence electrons. The minimum Gasteiger partial charge on any atom is -0.409 e. The molecule has 4 N–H and O–H groups in total. The van der Waals surface area contributed by atoms with E-state index in [4.69, 9.17) is 10.9 Å². The Morgan fingerprint density at radius 2 is 2.21 bits per heavy atom. The van der Waals surface area contributed by atoms with Crippen LogP contribution in [0.3, 0.4) is 0 Å². The first-order valence-electron chi connectivity index (χ1n) is 5.93. The molecule has 8 heteroatoms. The molecule has 1 aromatic rings. The molecule has 0 aliphatic heterocycles. The van der Waals surface area contributed by atoms with E-state index in [-0.39, 0.29) is 17.2 Å². The van der Waals surface area contributed by atoms with Gasteiger partial charge in [-0.1, -0.05) is 30.4 Å². The molecule has 0 fully saturated rings. The number of oxime groups is 1. The minimum atomic E-state index is -0.215. The highest BCUT2D eigenvalue weighted by molar-refractivity contribution is 7.08. The number of nitrogens with zero attached hydrogens (tertiary/aromatic N) is 3. The predicted molar refractivity (Wildman–Crippen MR) is 73.6 cm³/mol. The van der Waals surface area contributed by atoms with Gasteiger partial charge >= 0.3 is 0 Å².